The van der Waals surface area contributed by atoms with E-state index in [1.54, 1.807) is 4.90 Å². The average Bonchev–Trinajstić information content (AvgIpc) is 3.04. The number of piperidine rings is 1. The molecule has 7 heteroatoms. The first-order chi connectivity index (χ1) is 16.1. The minimum Gasteiger partial charge on any atom is -0.357 e. The molecule has 0 saturated carbocycles. The molecule has 33 heavy (non-hydrogen) atoms. The number of carbonyl (C=O) groups excluding carboxylic acids is 1. The number of aliphatic imine (C=N–C) groups is 1. The second-order valence-electron chi connectivity index (χ2n) is 9.95. The summed E-state index contributed by atoms with van der Waals surface area (Å²) in [5, 5.41) is 3.41. The molecule has 0 radical (unpaired) electrons. The Bertz CT molecular complexity index is 822. The van der Waals surface area contributed by atoms with Crippen LogP contribution in [-0.2, 0) is 11.2 Å². The van der Waals surface area contributed by atoms with Gasteiger partial charge in [-0.1, -0.05) is 12.1 Å². The average molecular weight is 453 g/mol. The SMILES string of the molecule is CN=C(/C=C\N(C=O)c1ccc(CCN2CCCC(N)CC2)cc1)N1CCC2(CC1)CNC2. The zero-order valence-electron chi connectivity index (χ0n) is 20.1. The van der Waals surface area contributed by atoms with E-state index in [-0.39, 0.29) is 0 Å². The predicted octanol–water partition coefficient (Wildman–Crippen LogP) is 2.23. The summed E-state index contributed by atoms with van der Waals surface area (Å²) in [6, 6.07) is 8.69. The lowest BCUT2D eigenvalue weighted by Crippen LogP contribution is -2.58. The second kappa shape index (κ2) is 11.3. The Morgan fingerprint density at radius 2 is 1.94 bits per heavy atom. The van der Waals surface area contributed by atoms with Gasteiger partial charge in [-0.05, 0) is 80.8 Å². The minimum atomic E-state index is 0.363. The summed E-state index contributed by atoms with van der Waals surface area (Å²) < 4.78 is 0. The molecule has 1 aromatic rings. The van der Waals surface area contributed by atoms with Crippen molar-refractivity contribution >= 4 is 17.9 Å². The smallest absolute Gasteiger partial charge is 0.218 e. The molecule has 3 N–H and O–H groups in total. The second-order valence-corrected chi connectivity index (χ2v) is 9.95. The predicted molar refractivity (Wildman–Crippen MR) is 136 cm³/mol. The topological polar surface area (TPSA) is 77.2 Å². The molecule has 3 heterocycles. The third-order valence-corrected chi connectivity index (χ3v) is 7.69. The molecule has 7 nitrogen and oxygen atoms in total. The van der Waals surface area contributed by atoms with Crippen LogP contribution in [0, 0.1) is 5.41 Å². The lowest BCUT2D eigenvalue weighted by molar-refractivity contribution is -0.106. The van der Waals surface area contributed by atoms with Gasteiger partial charge in [-0.25, -0.2) is 0 Å². The molecule has 3 saturated heterocycles. The van der Waals surface area contributed by atoms with Crippen molar-refractivity contribution in [2.75, 3.05) is 57.8 Å². The van der Waals surface area contributed by atoms with Crippen molar-refractivity contribution in [1.29, 1.82) is 0 Å². The Kier molecular flexibility index (Phi) is 8.17. The van der Waals surface area contributed by atoms with Gasteiger partial charge in [0, 0.05) is 57.7 Å². The van der Waals surface area contributed by atoms with Crippen LogP contribution in [0.5, 0.6) is 0 Å². The van der Waals surface area contributed by atoms with Crippen LogP contribution in [0.25, 0.3) is 0 Å². The van der Waals surface area contributed by atoms with Crippen molar-refractivity contribution in [1.82, 2.24) is 15.1 Å². The lowest BCUT2D eigenvalue weighted by Gasteiger charge is -2.48. The summed E-state index contributed by atoms with van der Waals surface area (Å²) in [5.41, 5.74) is 8.78. The molecule has 1 aromatic carbocycles. The maximum atomic E-state index is 11.8. The van der Waals surface area contributed by atoms with Gasteiger partial charge in [-0.3, -0.25) is 14.7 Å². The summed E-state index contributed by atoms with van der Waals surface area (Å²) in [7, 11) is 1.83. The third kappa shape index (κ3) is 6.22. The van der Waals surface area contributed by atoms with Gasteiger partial charge >= 0.3 is 0 Å². The van der Waals surface area contributed by atoms with Gasteiger partial charge in [0.2, 0.25) is 6.41 Å². The maximum absolute atomic E-state index is 11.8. The molecular formula is C26H40N6O. The number of nitrogens with two attached hydrogens (primary N) is 1. The molecule has 1 spiro atoms. The standard InChI is InChI=1S/C26H40N6O/c1-28-25(31-17-11-26(12-18-31)19-29-20-26)10-16-32(21-33)24-6-4-22(5-7-24)8-14-30-13-2-3-23(27)9-15-30/h4-7,10,16,21,23,29H,2-3,8-9,11-15,17-20,27H2,1H3/b16-10-,28-25?. The first kappa shape index (κ1) is 23.9. The van der Waals surface area contributed by atoms with Crippen LogP contribution in [0.4, 0.5) is 5.69 Å². The van der Waals surface area contributed by atoms with E-state index in [2.05, 4.69) is 32.2 Å². The van der Waals surface area contributed by atoms with Crippen molar-refractivity contribution in [3.63, 3.8) is 0 Å². The summed E-state index contributed by atoms with van der Waals surface area (Å²) in [5.74, 6) is 0.942. The lowest BCUT2D eigenvalue weighted by atomic mass is 9.73. The van der Waals surface area contributed by atoms with Crippen LogP contribution < -0.4 is 16.0 Å². The number of benzene rings is 1. The number of hydrogen-bond acceptors (Lipinski definition) is 5. The number of amidine groups is 1. The number of likely N-dealkylation sites (tertiary alicyclic amines) is 2. The van der Waals surface area contributed by atoms with Crippen LogP contribution in [0.3, 0.4) is 0 Å². The molecule has 0 bridgehead atoms. The van der Waals surface area contributed by atoms with E-state index < -0.39 is 0 Å². The quantitative estimate of drug-likeness (QED) is 0.377. The third-order valence-electron chi connectivity index (χ3n) is 7.69. The molecule has 4 rings (SSSR count). The van der Waals surface area contributed by atoms with Gasteiger partial charge in [0.05, 0.1) is 0 Å². The highest BCUT2D eigenvalue weighted by Gasteiger charge is 2.39. The van der Waals surface area contributed by atoms with Gasteiger partial charge in [-0.2, -0.15) is 0 Å². The van der Waals surface area contributed by atoms with Crippen LogP contribution in [-0.4, -0.2) is 80.9 Å². The Morgan fingerprint density at radius 1 is 1.18 bits per heavy atom. The van der Waals surface area contributed by atoms with Crippen molar-refractivity contribution in [2.24, 2.45) is 16.1 Å². The molecule has 3 fully saturated rings. The summed E-state index contributed by atoms with van der Waals surface area (Å²) >= 11 is 0. The van der Waals surface area contributed by atoms with Crippen molar-refractivity contribution in [3.05, 3.63) is 42.1 Å². The highest BCUT2D eigenvalue weighted by molar-refractivity contribution is 5.94. The molecule has 0 aliphatic carbocycles. The van der Waals surface area contributed by atoms with E-state index in [1.165, 1.54) is 24.8 Å². The maximum Gasteiger partial charge on any atom is 0.218 e. The van der Waals surface area contributed by atoms with Crippen LogP contribution >= 0.6 is 0 Å². The fourth-order valence-electron chi connectivity index (χ4n) is 5.22. The van der Waals surface area contributed by atoms with E-state index in [4.69, 9.17) is 5.73 Å². The number of nitrogens with one attached hydrogen (secondary N) is 1. The zero-order chi connectivity index (χ0) is 23.1. The molecule has 180 valence electrons. The first-order valence-electron chi connectivity index (χ1n) is 12.5. The largest absolute Gasteiger partial charge is 0.357 e. The van der Waals surface area contributed by atoms with Crippen molar-refractivity contribution in [2.45, 2.75) is 44.6 Å². The van der Waals surface area contributed by atoms with Gasteiger partial charge in [0.25, 0.3) is 0 Å². The highest BCUT2D eigenvalue weighted by atomic mass is 16.1. The van der Waals surface area contributed by atoms with E-state index in [9.17, 15) is 4.79 Å². The van der Waals surface area contributed by atoms with Crippen LogP contribution in [0.15, 0.2) is 41.5 Å². The zero-order valence-corrected chi connectivity index (χ0v) is 20.1. The summed E-state index contributed by atoms with van der Waals surface area (Å²) in [6.45, 7) is 7.65. The molecule has 3 aliphatic heterocycles. The Labute approximate surface area is 198 Å². The van der Waals surface area contributed by atoms with Crippen molar-refractivity contribution < 1.29 is 4.79 Å². The van der Waals surface area contributed by atoms with Crippen LogP contribution in [0.1, 0.15) is 37.7 Å². The normalized spacial score (nSPS) is 24.0. The van der Waals surface area contributed by atoms with Crippen molar-refractivity contribution in [3.8, 4) is 0 Å². The van der Waals surface area contributed by atoms with E-state index in [1.807, 2.05) is 31.5 Å². The summed E-state index contributed by atoms with van der Waals surface area (Å²) in [4.78, 5) is 22.8. The Hall–Kier alpha value is -2.22. The number of carbonyl (C=O) groups is 1. The van der Waals surface area contributed by atoms with E-state index in [0.717, 1.165) is 83.0 Å². The number of nitrogens with zero attached hydrogens (tertiary/aromatic N) is 4. The highest BCUT2D eigenvalue weighted by Crippen LogP contribution is 2.35. The van der Waals surface area contributed by atoms with Gasteiger partial charge < -0.3 is 20.9 Å². The molecule has 1 amide bonds. The van der Waals surface area contributed by atoms with Crippen LogP contribution in [0.2, 0.25) is 0 Å². The Morgan fingerprint density at radius 3 is 2.58 bits per heavy atom. The van der Waals surface area contributed by atoms with Gasteiger partial charge in [0.15, 0.2) is 0 Å². The minimum absolute atomic E-state index is 0.363. The van der Waals surface area contributed by atoms with Gasteiger partial charge in [0.1, 0.15) is 5.84 Å². The first-order valence-corrected chi connectivity index (χ1v) is 12.5. The number of anilines is 1. The van der Waals surface area contributed by atoms with E-state index >= 15 is 0 Å². The monoisotopic (exact) mass is 452 g/mol. The fraction of sp³-hybridized carbons (Fsp3) is 0.615. The number of amides is 1. The number of rotatable bonds is 7. The summed E-state index contributed by atoms with van der Waals surface area (Å²) in [6.07, 6.45) is 11.5. The van der Waals surface area contributed by atoms with Gasteiger partial charge in [-0.15, -0.1) is 0 Å². The molecule has 1 atom stereocenters. The fourth-order valence-corrected chi connectivity index (χ4v) is 5.22. The Balaban J connectivity index is 1.29. The molecule has 1 unspecified atom stereocenters. The van der Waals surface area contributed by atoms with E-state index in [0.29, 0.717) is 11.5 Å². The molecular weight excluding hydrogens is 412 g/mol. The molecule has 0 aromatic heterocycles. The number of hydrogen-bond donors (Lipinski definition) is 2. The molecule has 3 aliphatic rings.